The Morgan fingerprint density at radius 3 is 2.00 bits per heavy atom. The number of hydrogen-bond donors (Lipinski definition) is 1. The number of nitrogens with two attached hydrogens (primary N) is 1. The van der Waals surface area contributed by atoms with Crippen LogP contribution >= 0.6 is 11.8 Å². The molecule has 0 amide bonds. The molecule has 0 aromatic heterocycles. The van der Waals surface area contributed by atoms with Crippen LogP contribution in [0.25, 0.3) is 0 Å². The van der Waals surface area contributed by atoms with Gasteiger partial charge in [-0.3, -0.25) is 0 Å². The van der Waals surface area contributed by atoms with Gasteiger partial charge in [-0.1, -0.05) is 48.5 Å². The predicted octanol–water partition coefficient (Wildman–Crippen LogP) is 4.43. The summed E-state index contributed by atoms with van der Waals surface area (Å²) in [6.45, 7) is 4.24. The van der Waals surface area contributed by atoms with Gasteiger partial charge in [0.25, 0.3) is 0 Å². The highest BCUT2D eigenvalue weighted by Gasteiger charge is 2.02. The van der Waals surface area contributed by atoms with Crippen LogP contribution < -0.4 is 5.73 Å². The van der Waals surface area contributed by atoms with Crippen molar-refractivity contribution in [2.24, 2.45) is 5.73 Å². The first-order valence-corrected chi connectivity index (χ1v) is 7.58. The highest BCUT2D eigenvalue weighted by Crippen LogP contribution is 2.28. The van der Waals surface area contributed by atoms with Crippen LogP contribution in [0.2, 0.25) is 0 Å². The van der Waals surface area contributed by atoms with Gasteiger partial charge in [0, 0.05) is 15.8 Å². The fraction of sp³-hybridized carbons (Fsp3) is 0.294. The molecular weight excluding hydrogens is 250 g/mol. The van der Waals surface area contributed by atoms with E-state index in [4.69, 9.17) is 5.73 Å². The van der Waals surface area contributed by atoms with Gasteiger partial charge in [0.2, 0.25) is 0 Å². The smallest absolute Gasteiger partial charge is 0.0122 e. The van der Waals surface area contributed by atoms with Crippen LogP contribution in [0.3, 0.4) is 0 Å². The van der Waals surface area contributed by atoms with E-state index in [9.17, 15) is 0 Å². The molecule has 1 nitrogen and oxygen atoms in total. The molecule has 0 fully saturated rings. The standard InChI is InChI=1S/C17H21NS/c1-3-15(18)12-14-6-10-17(11-7-14)19-16-8-4-13(2)5-9-16/h4-11,15H,3,12,18H2,1-2H3. The zero-order valence-corrected chi connectivity index (χ0v) is 12.4. The molecule has 1 unspecified atom stereocenters. The minimum Gasteiger partial charge on any atom is -0.327 e. The summed E-state index contributed by atoms with van der Waals surface area (Å²) in [6.07, 6.45) is 1.99. The zero-order valence-electron chi connectivity index (χ0n) is 11.6. The van der Waals surface area contributed by atoms with Crippen molar-refractivity contribution < 1.29 is 0 Å². The van der Waals surface area contributed by atoms with E-state index in [0.29, 0.717) is 0 Å². The van der Waals surface area contributed by atoms with E-state index in [-0.39, 0.29) is 6.04 Å². The predicted molar refractivity (Wildman–Crippen MR) is 83.7 cm³/mol. The van der Waals surface area contributed by atoms with Gasteiger partial charge < -0.3 is 5.73 Å². The minimum atomic E-state index is 0.274. The van der Waals surface area contributed by atoms with Gasteiger partial charge in [-0.25, -0.2) is 0 Å². The van der Waals surface area contributed by atoms with Crippen molar-refractivity contribution in [3.05, 3.63) is 59.7 Å². The van der Waals surface area contributed by atoms with Crippen molar-refractivity contribution >= 4 is 11.8 Å². The monoisotopic (exact) mass is 271 g/mol. The van der Waals surface area contributed by atoms with E-state index in [2.05, 4.69) is 62.4 Å². The van der Waals surface area contributed by atoms with Crippen molar-refractivity contribution in [1.29, 1.82) is 0 Å². The fourth-order valence-electron chi connectivity index (χ4n) is 1.88. The van der Waals surface area contributed by atoms with E-state index < -0.39 is 0 Å². The second-order valence-electron chi connectivity index (χ2n) is 4.93. The van der Waals surface area contributed by atoms with Gasteiger partial charge in [0.1, 0.15) is 0 Å². The van der Waals surface area contributed by atoms with E-state index >= 15 is 0 Å². The first kappa shape index (κ1) is 14.2. The van der Waals surface area contributed by atoms with E-state index in [0.717, 1.165) is 12.8 Å². The van der Waals surface area contributed by atoms with Crippen molar-refractivity contribution in [3.8, 4) is 0 Å². The molecule has 2 N–H and O–H groups in total. The molecule has 0 aliphatic rings. The summed E-state index contributed by atoms with van der Waals surface area (Å²) in [5.41, 5.74) is 8.60. The molecule has 2 rings (SSSR count). The summed E-state index contributed by atoms with van der Waals surface area (Å²) in [4.78, 5) is 2.56. The van der Waals surface area contributed by atoms with Crippen LogP contribution in [0.5, 0.6) is 0 Å². The first-order valence-electron chi connectivity index (χ1n) is 6.76. The second-order valence-corrected chi connectivity index (χ2v) is 6.08. The lowest BCUT2D eigenvalue weighted by molar-refractivity contribution is 0.646. The SMILES string of the molecule is CCC(N)Cc1ccc(Sc2ccc(C)cc2)cc1. The molecule has 100 valence electrons. The molecule has 0 heterocycles. The average molecular weight is 271 g/mol. The third-order valence-corrected chi connectivity index (χ3v) is 4.22. The van der Waals surface area contributed by atoms with Crippen LogP contribution in [0.1, 0.15) is 24.5 Å². The summed E-state index contributed by atoms with van der Waals surface area (Å²) >= 11 is 1.80. The normalized spacial score (nSPS) is 12.4. The van der Waals surface area contributed by atoms with Gasteiger partial charge in [-0.05, 0) is 49.6 Å². The van der Waals surface area contributed by atoms with Crippen LogP contribution in [0.4, 0.5) is 0 Å². The van der Waals surface area contributed by atoms with Crippen molar-refractivity contribution in [2.75, 3.05) is 0 Å². The Morgan fingerprint density at radius 1 is 0.947 bits per heavy atom. The Morgan fingerprint density at radius 2 is 1.47 bits per heavy atom. The summed E-state index contributed by atoms with van der Waals surface area (Å²) in [5.74, 6) is 0. The third-order valence-electron chi connectivity index (χ3n) is 3.20. The molecule has 2 aromatic rings. The topological polar surface area (TPSA) is 26.0 Å². The highest BCUT2D eigenvalue weighted by atomic mass is 32.2. The van der Waals surface area contributed by atoms with Gasteiger partial charge in [-0.2, -0.15) is 0 Å². The van der Waals surface area contributed by atoms with Crippen LogP contribution in [-0.4, -0.2) is 6.04 Å². The van der Waals surface area contributed by atoms with E-state index in [1.54, 1.807) is 11.8 Å². The maximum atomic E-state index is 5.98. The van der Waals surface area contributed by atoms with Crippen molar-refractivity contribution in [2.45, 2.75) is 42.5 Å². The van der Waals surface area contributed by atoms with Gasteiger partial charge in [0.15, 0.2) is 0 Å². The quantitative estimate of drug-likeness (QED) is 0.870. The molecule has 0 radical (unpaired) electrons. The highest BCUT2D eigenvalue weighted by molar-refractivity contribution is 7.99. The Bertz CT molecular complexity index is 502. The molecular formula is C17H21NS. The molecule has 0 saturated heterocycles. The minimum absolute atomic E-state index is 0.274. The lowest BCUT2D eigenvalue weighted by Crippen LogP contribution is -2.21. The summed E-state index contributed by atoms with van der Waals surface area (Å²) in [7, 11) is 0. The Kier molecular flexibility index (Phi) is 5.06. The molecule has 19 heavy (non-hydrogen) atoms. The lowest BCUT2D eigenvalue weighted by Gasteiger charge is -2.09. The number of benzene rings is 2. The third kappa shape index (κ3) is 4.41. The summed E-state index contributed by atoms with van der Waals surface area (Å²) < 4.78 is 0. The van der Waals surface area contributed by atoms with Crippen LogP contribution in [0.15, 0.2) is 58.3 Å². The lowest BCUT2D eigenvalue weighted by atomic mass is 10.1. The summed E-state index contributed by atoms with van der Waals surface area (Å²) in [5, 5.41) is 0. The second kappa shape index (κ2) is 6.78. The molecule has 0 aliphatic heterocycles. The molecule has 2 heteroatoms. The van der Waals surface area contributed by atoms with Crippen LogP contribution in [-0.2, 0) is 6.42 Å². The van der Waals surface area contributed by atoms with Crippen molar-refractivity contribution in [3.63, 3.8) is 0 Å². The Balaban J connectivity index is 2.00. The molecule has 2 aromatic carbocycles. The maximum absolute atomic E-state index is 5.98. The maximum Gasteiger partial charge on any atom is 0.0122 e. The van der Waals surface area contributed by atoms with Crippen LogP contribution in [0, 0.1) is 6.92 Å². The fourth-order valence-corrected chi connectivity index (χ4v) is 2.70. The number of hydrogen-bond acceptors (Lipinski definition) is 2. The Hall–Kier alpha value is -1.25. The molecule has 0 spiro atoms. The van der Waals surface area contributed by atoms with Crippen molar-refractivity contribution in [1.82, 2.24) is 0 Å². The Labute approximate surface area is 120 Å². The molecule has 1 atom stereocenters. The summed E-state index contributed by atoms with van der Waals surface area (Å²) in [6, 6.07) is 17.6. The van der Waals surface area contributed by atoms with Gasteiger partial charge in [0.05, 0.1) is 0 Å². The van der Waals surface area contributed by atoms with Gasteiger partial charge >= 0.3 is 0 Å². The number of aryl methyl sites for hydroxylation is 1. The van der Waals surface area contributed by atoms with E-state index in [1.165, 1.54) is 20.9 Å². The zero-order chi connectivity index (χ0) is 13.7. The number of rotatable bonds is 5. The average Bonchev–Trinajstić information content (AvgIpc) is 2.43. The van der Waals surface area contributed by atoms with Gasteiger partial charge in [-0.15, -0.1) is 0 Å². The molecule has 0 aliphatic carbocycles. The van der Waals surface area contributed by atoms with E-state index in [1.807, 2.05) is 0 Å². The largest absolute Gasteiger partial charge is 0.327 e. The molecule has 0 saturated carbocycles. The first-order chi connectivity index (χ1) is 9.17. The molecule has 0 bridgehead atoms.